The fourth-order valence-corrected chi connectivity index (χ4v) is 4.93. The number of non-ortho nitro benzene ring substituents is 2. The zero-order chi connectivity index (χ0) is 35.9. The van der Waals surface area contributed by atoms with Crippen molar-refractivity contribution in [3.8, 4) is 46.2 Å². The summed E-state index contributed by atoms with van der Waals surface area (Å²) in [5.41, 5.74) is 4.88. The number of nitro benzene ring substituents is 2. The summed E-state index contributed by atoms with van der Waals surface area (Å²) in [7, 11) is 3.61. The monoisotopic (exact) mass is 664 g/mol. The SMILES string of the molecule is Cn1cc(C#CC(C)(C)C)c(-c2cc([N+](=O)[O-])ccc2NCCCCCNc2ccc([N+](=O)[O-])cc2-c2nn(C)cc2C#CC(C)(C)C)n1. The number of nitrogens with zero attached hydrogens (tertiary/aromatic N) is 6. The van der Waals surface area contributed by atoms with Gasteiger partial charge < -0.3 is 10.6 Å². The van der Waals surface area contributed by atoms with Gasteiger partial charge in [0.25, 0.3) is 11.4 Å². The van der Waals surface area contributed by atoms with E-state index >= 15 is 0 Å². The molecule has 2 aromatic carbocycles. The van der Waals surface area contributed by atoms with E-state index in [1.165, 1.54) is 12.1 Å². The van der Waals surface area contributed by atoms with Crippen LogP contribution in [0.5, 0.6) is 0 Å². The number of hydrogen-bond acceptors (Lipinski definition) is 8. The van der Waals surface area contributed by atoms with E-state index in [9.17, 15) is 20.2 Å². The van der Waals surface area contributed by atoms with Gasteiger partial charge >= 0.3 is 0 Å². The minimum Gasteiger partial charge on any atom is -0.384 e. The normalized spacial score (nSPS) is 11.3. The first-order valence-corrected chi connectivity index (χ1v) is 16.2. The van der Waals surface area contributed by atoms with Crippen molar-refractivity contribution >= 4 is 22.7 Å². The standard InChI is InChI=1S/C37H44N8O4/c1-36(2,3)18-16-26-24-42(7)40-34(26)30-22-28(44(46)47)12-14-32(30)38-20-10-9-11-21-39-33-15-13-29(45(48)49)23-31(33)35-27(25-43(8)41-35)17-19-37(4,5)6/h12-15,22-25,38-39H,9-11,20-21H2,1-8H3. The Balaban J connectivity index is 1.44. The minimum atomic E-state index is -0.409. The van der Waals surface area contributed by atoms with Crippen LogP contribution in [0.15, 0.2) is 48.8 Å². The Morgan fingerprint density at radius 3 is 1.41 bits per heavy atom. The van der Waals surface area contributed by atoms with E-state index in [2.05, 4.69) is 44.5 Å². The highest BCUT2D eigenvalue weighted by Gasteiger charge is 2.20. The number of aryl methyl sites for hydroxylation is 2. The smallest absolute Gasteiger partial charge is 0.270 e. The van der Waals surface area contributed by atoms with E-state index in [4.69, 9.17) is 0 Å². The summed E-state index contributed by atoms with van der Waals surface area (Å²) in [6, 6.07) is 9.50. The van der Waals surface area contributed by atoms with Crippen molar-refractivity contribution < 1.29 is 9.85 Å². The zero-order valence-electron chi connectivity index (χ0n) is 29.5. The summed E-state index contributed by atoms with van der Waals surface area (Å²) in [4.78, 5) is 22.4. The predicted octanol–water partition coefficient (Wildman–Crippen LogP) is 7.79. The molecule has 12 nitrogen and oxygen atoms in total. The molecule has 0 spiro atoms. The lowest BCUT2D eigenvalue weighted by atomic mass is 9.97. The molecule has 0 bridgehead atoms. The number of aromatic nitrogens is 4. The van der Waals surface area contributed by atoms with Crippen LogP contribution < -0.4 is 10.6 Å². The predicted molar refractivity (Wildman–Crippen MR) is 194 cm³/mol. The molecule has 2 heterocycles. The van der Waals surface area contributed by atoms with Gasteiger partial charge in [-0.2, -0.15) is 10.2 Å². The second-order valence-corrected chi connectivity index (χ2v) is 14.0. The van der Waals surface area contributed by atoms with E-state index in [1.54, 1.807) is 47.7 Å². The number of unbranched alkanes of at least 4 members (excludes halogenated alkanes) is 2. The molecule has 0 fully saturated rings. The summed E-state index contributed by atoms with van der Waals surface area (Å²) < 4.78 is 3.34. The molecule has 2 N–H and O–H groups in total. The van der Waals surface area contributed by atoms with Crippen molar-refractivity contribution in [3.05, 3.63) is 80.1 Å². The van der Waals surface area contributed by atoms with Gasteiger partial charge in [0.2, 0.25) is 0 Å². The fourth-order valence-electron chi connectivity index (χ4n) is 4.93. The average Bonchev–Trinajstić information content (AvgIpc) is 3.58. The highest BCUT2D eigenvalue weighted by atomic mass is 16.6. The third-order valence-electron chi connectivity index (χ3n) is 7.22. The van der Waals surface area contributed by atoms with Crippen LogP contribution in [0, 0.1) is 54.7 Å². The highest BCUT2D eigenvalue weighted by Crippen LogP contribution is 2.34. The van der Waals surface area contributed by atoms with Crippen LogP contribution in [0.1, 0.15) is 71.9 Å². The van der Waals surface area contributed by atoms with E-state index in [0.717, 1.165) is 30.6 Å². The van der Waals surface area contributed by atoms with Crippen LogP contribution in [0.3, 0.4) is 0 Å². The van der Waals surface area contributed by atoms with Crippen molar-refractivity contribution in [2.45, 2.75) is 60.8 Å². The molecule has 0 saturated carbocycles. The highest BCUT2D eigenvalue weighted by molar-refractivity contribution is 5.82. The molecular formula is C37H44N8O4. The summed E-state index contributed by atoms with van der Waals surface area (Å²) in [6.45, 7) is 13.4. The maximum Gasteiger partial charge on any atom is 0.270 e. The maximum absolute atomic E-state index is 11.6. The Morgan fingerprint density at radius 2 is 1.06 bits per heavy atom. The molecule has 0 aliphatic heterocycles. The van der Waals surface area contributed by atoms with Crippen molar-refractivity contribution in [2.75, 3.05) is 23.7 Å². The Morgan fingerprint density at radius 1 is 0.673 bits per heavy atom. The molecule has 49 heavy (non-hydrogen) atoms. The van der Waals surface area contributed by atoms with Gasteiger partial charge in [-0.1, -0.05) is 23.7 Å². The van der Waals surface area contributed by atoms with Gasteiger partial charge in [0.05, 0.1) is 21.0 Å². The van der Waals surface area contributed by atoms with Crippen LogP contribution in [-0.2, 0) is 14.1 Å². The van der Waals surface area contributed by atoms with Crippen LogP contribution >= 0.6 is 0 Å². The number of nitro groups is 2. The summed E-state index contributed by atoms with van der Waals surface area (Å²) >= 11 is 0. The van der Waals surface area contributed by atoms with Crippen molar-refractivity contribution in [1.82, 2.24) is 19.6 Å². The third-order valence-corrected chi connectivity index (χ3v) is 7.22. The van der Waals surface area contributed by atoms with Gasteiger partial charge in [0.15, 0.2) is 0 Å². The van der Waals surface area contributed by atoms with Crippen LogP contribution in [-0.4, -0.2) is 42.5 Å². The number of nitrogens with one attached hydrogen (secondary N) is 2. The Bertz CT molecular complexity index is 1830. The molecule has 0 amide bonds. The molecule has 12 heteroatoms. The average molecular weight is 665 g/mol. The quantitative estimate of drug-likeness (QED) is 0.0675. The molecule has 0 aliphatic rings. The molecule has 0 radical (unpaired) electrons. The van der Waals surface area contributed by atoms with E-state index in [0.29, 0.717) is 46.7 Å². The van der Waals surface area contributed by atoms with Crippen molar-refractivity contribution in [3.63, 3.8) is 0 Å². The molecule has 2 aromatic heterocycles. The molecule has 0 saturated heterocycles. The fraction of sp³-hybridized carbons (Fsp3) is 0.405. The van der Waals surface area contributed by atoms with Crippen molar-refractivity contribution in [2.24, 2.45) is 24.9 Å². The van der Waals surface area contributed by atoms with Crippen LogP contribution in [0.4, 0.5) is 22.7 Å². The van der Waals surface area contributed by atoms with Gasteiger partial charge in [0, 0.05) is 97.2 Å². The molecular weight excluding hydrogens is 620 g/mol. The van der Waals surface area contributed by atoms with Crippen molar-refractivity contribution in [1.29, 1.82) is 0 Å². The Labute approximate surface area is 287 Å². The Hall–Kier alpha value is -5.62. The second kappa shape index (κ2) is 15.1. The topological polar surface area (TPSA) is 146 Å². The van der Waals surface area contributed by atoms with Crippen LogP contribution in [0.2, 0.25) is 0 Å². The third kappa shape index (κ3) is 10.2. The molecule has 4 rings (SSSR count). The first kappa shape index (κ1) is 36.2. The first-order chi connectivity index (χ1) is 23.0. The summed E-state index contributed by atoms with van der Waals surface area (Å²) in [6.07, 6.45) is 6.23. The lowest BCUT2D eigenvalue weighted by Crippen LogP contribution is -2.07. The van der Waals surface area contributed by atoms with Crippen LogP contribution in [0.25, 0.3) is 22.5 Å². The summed E-state index contributed by atoms with van der Waals surface area (Å²) in [5, 5.41) is 39.3. The first-order valence-electron chi connectivity index (χ1n) is 16.2. The van der Waals surface area contributed by atoms with Gasteiger partial charge in [-0.3, -0.25) is 29.6 Å². The zero-order valence-corrected chi connectivity index (χ0v) is 29.5. The second-order valence-electron chi connectivity index (χ2n) is 14.0. The number of rotatable bonds is 12. The molecule has 0 aliphatic carbocycles. The lowest BCUT2D eigenvalue weighted by molar-refractivity contribution is -0.385. The lowest BCUT2D eigenvalue weighted by Gasteiger charge is -2.13. The Kier molecular flexibility index (Phi) is 11.1. The van der Waals surface area contributed by atoms with Gasteiger partial charge in [0.1, 0.15) is 11.4 Å². The molecule has 0 atom stereocenters. The number of anilines is 2. The molecule has 256 valence electrons. The van der Waals surface area contributed by atoms with E-state index < -0.39 is 9.85 Å². The van der Waals surface area contributed by atoms with E-state index in [1.807, 2.05) is 53.9 Å². The largest absolute Gasteiger partial charge is 0.384 e. The van der Waals surface area contributed by atoms with Gasteiger partial charge in [-0.15, -0.1) is 0 Å². The number of hydrogen-bond donors (Lipinski definition) is 2. The summed E-state index contributed by atoms with van der Waals surface area (Å²) in [5.74, 6) is 12.9. The van der Waals surface area contributed by atoms with Gasteiger partial charge in [-0.05, 0) is 72.9 Å². The number of benzene rings is 2. The van der Waals surface area contributed by atoms with Gasteiger partial charge in [-0.25, -0.2) is 0 Å². The molecule has 0 unspecified atom stereocenters. The molecule has 4 aromatic rings. The maximum atomic E-state index is 11.6. The minimum absolute atomic E-state index is 0.0170. The van der Waals surface area contributed by atoms with E-state index in [-0.39, 0.29) is 22.2 Å².